The monoisotopic (exact) mass is 194 g/mol. The fourth-order valence-corrected chi connectivity index (χ4v) is 2.03. The van der Waals surface area contributed by atoms with E-state index in [1.807, 2.05) is 26.2 Å². The van der Waals surface area contributed by atoms with E-state index in [9.17, 15) is 0 Å². The van der Waals surface area contributed by atoms with Crippen LogP contribution in [0.5, 0.6) is 0 Å². The molecule has 2 rings (SSSR count). The molecule has 1 saturated carbocycles. The quantitative estimate of drug-likeness (QED) is 0.725. The topological polar surface area (TPSA) is 28.7 Å². The molecule has 1 fully saturated rings. The molecule has 2 nitrogen and oxygen atoms in total. The van der Waals surface area contributed by atoms with Crippen LogP contribution in [0, 0.1) is 5.92 Å². The van der Waals surface area contributed by atoms with Crippen molar-refractivity contribution in [2.24, 2.45) is 5.92 Å². The van der Waals surface area contributed by atoms with E-state index in [2.05, 4.69) is 16.9 Å². The fourth-order valence-electron chi connectivity index (χ4n) is 2.03. The smallest absolute Gasteiger partial charge is 0.109 e. The van der Waals surface area contributed by atoms with Crippen LogP contribution in [0.4, 0.5) is 0 Å². The molecule has 1 aromatic heterocycles. The summed E-state index contributed by atoms with van der Waals surface area (Å²) in [6.07, 6.45) is 9.14. The molecule has 1 aromatic rings. The summed E-state index contributed by atoms with van der Waals surface area (Å²) < 4.78 is 0. The molecule has 80 valence electrons. The van der Waals surface area contributed by atoms with Crippen LogP contribution in [0.2, 0.25) is 0 Å². The Kier molecular flexibility index (Phi) is 4.71. The first kappa shape index (κ1) is 11.3. The number of aromatic amines is 1. The maximum absolute atomic E-state index is 4.31. The van der Waals surface area contributed by atoms with Crippen molar-refractivity contribution < 1.29 is 0 Å². The number of aromatic nitrogens is 2. The number of nitrogens with zero attached hydrogens (tertiary/aromatic N) is 1. The molecule has 1 aliphatic rings. The summed E-state index contributed by atoms with van der Waals surface area (Å²) in [6, 6.07) is 0. The predicted molar refractivity (Wildman–Crippen MR) is 60.3 cm³/mol. The molecule has 0 spiro atoms. The lowest BCUT2D eigenvalue weighted by molar-refractivity contribution is 0.341. The minimum Gasteiger partial charge on any atom is -0.348 e. The molecule has 14 heavy (non-hydrogen) atoms. The van der Waals surface area contributed by atoms with Crippen LogP contribution >= 0.6 is 0 Å². The van der Waals surface area contributed by atoms with Gasteiger partial charge in [0.05, 0.1) is 0 Å². The molecule has 1 N–H and O–H groups in total. The Morgan fingerprint density at radius 1 is 1.21 bits per heavy atom. The molecule has 0 radical (unpaired) electrons. The molecule has 0 aromatic carbocycles. The third-order valence-corrected chi connectivity index (χ3v) is 2.92. The zero-order valence-corrected chi connectivity index (χ0v) is 9.59. The zero-order valence-electron chi connectivity index (χ0n) is 9.59. The summed E-state index contributed by atoms with van der Waals surface area (Å²) in [6.45, 7) is 6.35. The third-order valence-electron chi connectivity index (χ3n) is 2.92. The summed E-state index contributed by atoms with van der Waals surface area (Å²) in [4.78, 5) is 7.52. The van der Waals surface area contributed by atoms with Crippen LogP contribution in [0.3, 0.4) is 0 Å². The number of nitrogens with one attached hydrogen (secondary N) is 1. The first-order valence-electron chi connectivity index (χ1n) is 5.85. The van der Waals surface area contributed by atoms with Crippen LogP contribution in [-0.2, 0) is 0 Å². The summed E-state index contributed by atoms with van der Waals surface area (Å²) in [5.41, 5.74) is 0. The Morgan fingerprint density at radius 3 is 2.36 bits per heavy atom. The van der Waals surface area contributed by atoms with Gasteiger partial charge in [-0.15, -0.1) is 0 Å². The Morgan fingerprint density at radius 2 is 1.86 bits per heavy atom. The molecular weight excluding hydrogens is 172 g/mol. The third kappa shape index (κ3) is 2.86. The van der Waals surface area contributed by atoms with Gasteiger partial charge in [-0.3, -0.25) is 0 Å². The lowest BCUT2D eigenvalue weighted by Crippen LogP contribution is -2.11. The lowest BCUT2D eigenvalue weighted by atomic mass is 9.83. The average Bonchev–Trinajstić information content (AvgIpc) is 2.75. The van der Waals surface area contributed by atoms with Crippen LogP contribution in [-0.4, -0.2) is 9.97 Å². The largest absolute Gasteiger partial charge is 0.348 e. The van der Waals surface area contributed by atoms with Crippen LogP contribution in [0.25, 0.3) is 0 Å². The molecule has 1 heterocycles. The predicted octanol–water partition coefficient (Wildman–Crippen LogP) is 3.73. The van der Waals surface area contributed by atoms with Gasteiger partial charge in [-0.2, -0.15) is 0 Å². The van der Waals surface area contributed by atoms with Gasteiger partial charge >= 0.3 is 0 Å². The van der Waals surface area contributed by atoms with Gasteiger partial charge < -0.3 is 4.98 Å². The summed E-state index contributed by atoms with van der Waals surface area (Å²) in [5, 5.41) is 0. The van der Waals surface area contributed by atoms with E-state index in [0.29, 0.717) is 5.92 Å². The van der Waals surface area contributed by atoms with E-state index >= 15 is 0 Å². The number of rotatable bonds is 1. The van der Waals surface area contributed by atoms with E-state index in [-0.39, 0.29) is 0 Å². The number of H-pyrrole nitrogens is 1. The molecule has 0 amide bonds. The molecule has 2 heteroatoms. The van der Waals surface area contributed by atoms with Crippen LogP contribution < -0.4 is 0 Å². The van der Waals surface area contributed by atoms with Crippen molar-refractivity contribution in [2.75, 3.05) is 0 Å². The van der Waals surface area contributed by atoms with E-state index in [1.54, 1.807) is 0 Å². The van der Waals surface area contributed by atoms with E-state index in [0.717, 1.165) is 5.92 Å². The normalized spacial score (nSPS) is 26.5. The highest BCUT2D eigenvalue weighted by Gasteiger charge is 2.20. The van der Waals surface area contributed by atoms with Crippen molar-refractivity contribution in [2.45, 2.75) is 52.4 Å². The van der Waals surface area contributed by atoms with Gasteiger partial charge in [-0.1, -0.05) is 33.6 Å². The van der Waals surface area contributed by atoms with Crippen LogP contribution in [0.15, 0.2) is 12.4 Å². The fraction of sp³-hybridized carbons (Fsp3) is 0.750. The molecule has 0 saturated heterocycles. The standard InChI is InChI=1S/C10H16N2.C2H6/c1-8-2-4-9(5-3-8)10-11-6-7-12-10;1-2/h6-9H,2-5H2,1H3,(H,11,12);1-2H3. The first-order valence-corrected chi connectivity index (χ1v) is 5.85. The second-order valence-electron chi connectivity index (χ2n) is 3.93. The summed E-state index contributed by atoms with van der Waals surface area (Å²) >= 11 is 0. The molecular formula is C12H22N2. The van der Waals surface area contributed by atoms with E-state index < -0.39 is 0 Å². The highest BCUT2D eigenvalue weighted by molar-refractivity contribution is 4.98. The highest BCUT2D eigenvalue weighted by atomic mass is 14.9. The Bertz CT molecular complexity index is 220. The molecule has 0 unspecified atom stereocenters. The maximum atomic E-state index is 4.31. The van der Waals surface area contributed by atoms with Crippen molar-refractivity contribution in [3.63, 3.8) is 0 Å². The Hall–Kier alpha value is -0.790. The second-order valence-corrected chi connectivity index (χ2v) is 3.93. The average molecular weight is 194 g/mol. The molecule has 0 bridgehead atoms. The molecule has 1 aliphatic carbocycles. The van der Waals surface area contributed by atoms with Gasteiger partial charge in [0.2, 0.25) is 0 Å². The molecule has 0 atom stereocenters. The van der Waals surface area contributed by atoms with Crippen molar-refractivity contribution in [1.82, 2.24) is 9.97 Å². The SMILES string of the molecule is CC.CC1CCC(c2ncc[nH]2)CC1. The minimum absolute atomic E-state index is 0.705. The van der Waals surface area contributed by atoms with Crippen molar-refractivity contribution in [3.05, 3.63) is 18.2 Å². The zero-order chi connectivity index (χ0) is 10.4. The molecule has 0 aliphatic heterocycles. The first-order chi connectivity index (χ1) is 6.86. The Labute approximate surface area is 87.1 Å². The number of hydrogen-bond donors (Lipinski definition) is 1. The summed E-state index contributed by atoms with van der Waals surface area (Å²) in [7, 11) is 0. The van der Waals surface area contributed by atoms with Gasteiger partial charge in [-0.25, -0.2) is 4.98 Å². The van der Waals surface area contributed by atoms with Crippen molar-refractivity contribution in [1.29, 1.82) is 0 Å². The second kappa shape index (κ2) is 5.84. The minimum atomic E-state index is 0.705. The van der Waals surface area contributed by atoms with Gasteiger partial charge in [0.15, 0.2) is 0 Å². The van der Waals surface area contributed by atoms with Crippen molar-refractivity contribution >= 4 is 0 Å². The van der Waals surface area contributed by atoms with Gasteiger partial charge in [-0.05, 0) is 18.8 Å². The number of hydrogen-bond acceptors (Lipinski definition) is 1. The summed E-state index contributed by atoms with van der Waals surface area (Å²) in [5.74, 6) is 2.83. The van der Waals surface area contributed by atoms with Crippen LogP contribution in [0.1, 0.15) is 58.2 Å². The lowest BCUT2D eigenvalue weighted by Gasteiger charge is -2.24. The highest BCUT2D eigenvalue weighted by Crippen LogP contribution is 2.33. The van der Waals surface area contributed by atoms with E-state index in [1.165, 1.54) is 31.5 Å². The van der Waals surface area contributed by atoms with Gasteiger partial charge in [0.1, 0.15) is 5.82 Å². The maximum Gasteiger partial charge on any atom is 0.109 e. The Balaban J connectivity index is 0.000000461. The van der Waals surface area contributed by atoms with Gasteiger partial charge in [0.25, 0.3) is 0 Å². The van der Waals surface area contributed by atoms with Crippen molar-refractivity contribution in [3.8, 4) is 0 Å². The van der Waals surface area contributed by atoms with Gasteiger partial charge in [0, 0.05) is 18.3 Å². The number of imidazole rings is 1. The van der Waals surface area contributed by atoms with E-state index in [4.69, 9.17) is 0 Å².